The minimum atomic E-state index is 0.0275. The molecule has 0 spiro atoms. The molecule has 0 radical (unpaired) electrons. The van der Waals surface area contributed by atoms with Gasteiger partial charge in [-0.2, -0.15) is 5.10 Å². The number of rotatable bonds is 3. The molecule has 82 valence electrons. The Bertz CT molecular complexity index is 485. The molecule has 0 unspecified atom stereocenters. The molecule has 0 aromatic carbocycles. The molecule has 2 aromatic heterocycles. The number of pyridine rings is 1. The molecule has 2 heterocycles. The summed E-state index contributed by atoms with van der Waals surface area (Å²) in [5, 5.41) is 13.4. The third-order valence-electron chi connectivity index (χ3n) is 2.83. The van der Waals surface area contributed by atoms with Crippen molar-refractivity contribution in [1.82, 2.24) is 14.8 Å². The van der Waals surface area contributed by atoms with E-state index in [1.54, 1.807) is 10.9 Å². The molecular formula is C12H13N3O. The van der Waals surface area contributed by atoms with E-state index in [1.807, 2.05) is 18.3 Å². The molecule has 0 saturated heterocycles. The van der Waals surface area contributed by atoms with E-state index in [0.29, 0.717) is 5.92 Å². The molecule has 4 nitrogen and oxygen atoms in total. The Labute approximate surface area is 93.6 Å². The highest BCUT2D eigenvalue weighted by molar-refractivity contribution is 5.26. The van der Waals surface area contributed by atoms with E-state index in [0.717, 1.165) is 17.1 Å². The van der Waals surface area contributed by atoms with Gasteiger partial charge in [0.05, 0.1) is 12.3 Å². The van der Waals surface area contributed by atoms with Crippen LogP contribution in [0.25, 0.3) is 5.82 Å². The van der Waals surface area contributed by atoms with E-state index in [1.165, 1.54) is 12.8 Å². The van der Waals surface area contributed by atoms with Gasteiger partial charge >= 0.3 is 0 Å². The Hall–Kier alpha value is -1.68. The summed E-state index contributed by atoms with van der Waals surface area (Å²) in [4.78, 5) is 4.25. The van der Waals surface area contributed by atoms with Gasteiger partial charge in [-0.3, -0.25) is 0 Å². The minimum absolute atomic E-state index is 0.0275. The van der Waals surface area contributed by atoms with E-state index in [-0.39, 0.29) is 6.61 Å². The second-order valence-corrected chi connectivity index (χ2v) is 4.14. The molecule has 16 heavy (non-hydrogen) atoms. The fourth-order valence-corrected chi connectivity index (χ4v) is 1.71. The van der Waals surface area contributed by atoms with Crippen molar-refractivity contribution in [3.63, 3.8) is 0 Å². The molecule has 0 aliphatic heterocycles. The number of aliphatic hydroxyl groups excluding tert-OH is 1. The van der Waals surface area contributed by atoms with Crippen LogP contribution in [0.15, 0.2) is 30.6 Å². The first-order valence-electron chi connectivity index (χ1n) is 5.48. The summed E-state index contributed by atoms with van der Waals surface area (Å²) < 4.78 is 1.79. The Kier molecular flexibility index (Phi) is 2.22. The van der Waals surface area contributed by atoms with Gasteiger partial charge in [-0.25, -0.2) is 9.67 Å². The van der Waals surface area contributed by atoms with Crippen LogP contribution in [-0.2, 0) is 6.61 Å². The lowest BCUT2D eigenvalue weighted by molar-refractivity contribution is 0.281. The zero-order valence-corrected chi connectivity index (χ0v) is 8.87. The predicted octanol–water partition coefficient (Wildman–Crippen LogP) is 1.64. The van der Waals surface area contributed by atoms with Crippen LogP contribution >= 0.6 is 0 Å². The summed E-state index contributed by atoms with van der Waals surface area (Å²) in [6.07, 6.45) is 6.13. The molecule has 0 atom stereocenters. The maximum Gasteiger partial charge on any atom is 0.153 e. The van der Waals surface area contributed by atoms with Crippen LogP contribution in [0.4, 0.5) is 0 Å². The first-order chi connectivity index (χ1) is 7.86. The van der Waals surface area contributed by atoms with Gasteiger partial charge in [0.2, 0.25) is 0 Å². The Balaban J connectivity index is 1.88. The summed E-state index contributed by atoms with van der Waals surface area (Å²) in [7, 11) is 0. The van der Waals surface area contributed by atoms with Gasteiger partial charge in [0.15, 0.2) is 5.82 Å². The standard InChI is InChI=1S/C12H13N3O/c16-8-9-1-4-12(13-7-9)15-6-5-11(14-15)10-2-3-10/h1,4-7,10,16H,2-3,8H2. The lowest BCUT2D eigenvalue weighted by Gasteiger charge is -2.01. The molecule has 2 aromatic rings. The number of hydrogen-bond acceptors (Lipinski definition) is 3. The van der Waals surface area contributed by atoms with Crippen LogP contribution in [0.1, 0.15) is 30.0 Å². The van der Waals surface area contributed by atoms with Gasteiger partial charge in [0, 0.05) is 18.3 Å². The number of nitrogens with zero attached hydrogens (tertiary/aromatic N) is 3. The maximum absolute atomic E-state index is 8.92. The predicted molar refractivity (Wildman–Crippen MR) is 59.3 cm³/mol. The highest BCUT2D eigenvalue weighted by Gasteiger charge is 2.25. The van der Waals surface area contributed by atoms with E-state index in [4.69, 9.17) is 5.11 Å². The largest absolute Gasteiger partial charge is 0.392 e. The summed E-state index contributed by atoms with van der Waals surface area (Å²) >= 11 is 0. The third kappa shape index (κ3) is 1.72. The van der Waals surface area contributed by atoms with Crippen LogP contribution in [0.5, 0.6) is 0 Å². The molecule has 4 heteroatoms. The molecule has 1 aliphatic carbocycles. The van der Waals surface area contributed by atoms with Gasteiger partial charge in [-0.1, -0.05) is 6.07 Å². The van der Waals surface area contributed by atoms with Crippen LogP contribution in [0.2, 0.25) is 0 Å². The molecule has 1 aliphatic rings. The number of aliphatic hydroxyl groups is 1. The highest BCUT2D eigenvalue weighted by Crippen LogP contribution is 2.38. The molecule has 0 amide bonds. The second kappa shape index (κ2) is 3.72. The van der Waals surface area contributed by atoms with Crippen molar-refractivity contribution in [2.24, 2.45) is 0 Å². The van der Waals surface area contributed by atoms with Crippen LogP contribution in [0.3, 0.4) is 0 Å². The summed E-state index contributed by atoms with van der Waals surface area (Å²) in [6, 6.07) is 5.79. The summed E-state index contributed by atoms with van der Waals surface area (Å²) in [5.41, 5.74) is 1.98. The number of aromatic nitrogens is 3. The van der Waals surface area contributed by atoms with E-state index < -0.39 is 0 Å². The second-order valence-electron chi connectivity index (χ2n) is 4.14. The summed E-state index contributed by atoms with van der Waals surface area (Å²) in [6.45, 7) is 0.0275. The van der Waals surface area contributed by atoms with E-state index in [9.17, 15) is 0 Å². The van der Waals surface area contributed by atoms with Gasteiger partial charge in [0.1, 0.15) is 0 Å². The van der Waals surface area contributed by atoms with Crippen molar-refractivity contribution < 1.29 is 5.11 Å². The van der Waals surface area contributed by atoms with Crippen LogP contribution in [-0.4, -0.2) is 19.9 Å². The molecular weight excluding hydrogens is 202 g/mol. The quantitative estimate of drug-likeness (QED) is 0.846. The lowest BCUT2D eigenvalue weighted by atomic mass is 10.3. The van der Waals surface area contributed by atoms with Crippen molar-refractivity contribution in [1.29, 1.82) is 0 Å². The minimum Gasteiger partial charge on any atom is -0.392 e. The summed E-state index contributed by atoms with van der Waals surface area (Å²) in [5.74, 6) is 1.46. The average Bonchev–Trinajstić information content (AvgIpc) is 3.08. The van der Waals surface area contributed by atoms with E-state index >= 15 is 0 Å². The van der Waals surface area contributed by atoms with Crippen molar-refractivity contribution >= 4 is 0 Å². The number of hydrogen-bond donors (Lipinski definition) is 1. The van der Waals surface area contributed by atoms with Crippen LogP contribution in [0, 0.1) is 0 Å². The van der Waals surface area contributed by atoms with E-state index in [2.05, 4.69) is 16.1 Å². The smallest absolute Gasteiger partial charge is 0.153 e. The van der Waals surface area contributed by atoms with Gasteiger partial charge in [-0.05, 0) is 30.5 Å². The Morgan fingerprint density at radius 1 is 1.31 bits per heavy atom. The van der Waals surface area contributed by atoms with Crippen molar-refractivity contribution in [3.05, 3.63) is 41.9 Å². The van der Waals surface area contributed by atoms with Gasteiger partial charge < -0.3 is 5.11 Å². The molecule has 3 rings (SSSR count). The molecule has 1 fully saturated rings. The van der Waals surface area contributed by atoms with Gasteiger partial charge in [-0.15, -0.1) is 0 Å². The molecule has 0 bridgehead atoms. The zero-order chi connectivity index (χ0) is 11.0. The average molecular weight is 215 g/mol. The SMILES string of the molecule is OCc1ccc(-n2ccc(C3CC3)n2)nc1. The molecule has 1 saturated carbocycles. The Morgan fingerprint density at radius 3 is 2.81 bits per heavy atom. The lowest BCUT2D eigenvalue weighted by Crippen LogP contribution is -1.99. The topological polar surface area (TPSA) is 50.9 Å². The van der Waals surface area contributed by atoms with Crippen molar-refractivity contribution in [2.75, 3.05) is 0 Å². The fraction of sp³-hybridized carbons (Fsp3) is 0.333. The third-order valence-corrected chi connectivity index (χ3v) is 2.83. The Morgan fingerprint density at radius 2 is 2.19 bits per heavy atom. The van der Waals surface area contributed by atoms with Crippen LogP contribution < -0.4 is 0 Å². The highest BCUT2D eigenvalue weighted by atomic mass is 16.3. The van der Waals surface area contributed by atoms with Crippen molar-refractivity contribution in [2.45, 2.75) is 25.4 Å². The maximum atomic E-state index is 8.92. The fourth-order valence-electron chi connectivity index (χ4n) is 1.71. The first kappa shape index (κ1) is 9.54. The molecule has 1 N–H and O–H groups in total. The first-order valence-corrected chi connectivity index (χ1v) is 5.48. The monoisotopic (exact) mass is 215 g/mol. The normalized spacial score (nSPS) is 15.3. The van der Waals surface area contributed by atoms with Gasteiger partial charge in [0.25, 0.3) is 0 Å². The van der Waals surface area contributed by atoms with Crippen molar-refractivity contribution in [3.8, 4) is 5.82 Å². The zero-order valence-electron chi connectivity index (χ0n) is 8.87.